The van der Waals surface area contributed by atoms with E-state index in [9.17, 15) is 37.1 Å². The van der Waals surface area contributed by atoms with E-state index in [0.717, 1.165) is 29.0 Å². The van der Waals surface area contributed by atoms with E-state index in [1.165, 1.54) is 20.8 Å². The number of aliphatic carboxylic acids is 1. The smallest absolute Gasteiger partial charge is 0.416 e. The Morgan fingerprint density at radius 1 is 1.02 bits per heavy atom. The molecule has 0 aliphatic carbocycles. The maximum atomic E-state index is 16.7. The normalized spacial score (nSPS) is 15.3. The lowest BCUT2D eigenvalue weighted by atomic mass is 9.87. The first-order chi connectivity index (χ1) is 23.8. The molecule has 13 heteroatoms. The van der Waals surface area contributed by atoms with Crippen molar-refractivity contribution in [3.05, 3.63) is 91.6 Å². The number of piperidine rings is 1. The number of nitrogens with zero attached hydrogens (tertiary/aromatic N) is 2. The van der Waals surface area contributed by atoms with Gasteiger partial charge in [0, 0.05) is 29.0 Å². The van der Waals surface area contributed by atoms with Crippen LogP contribution in [0.5, 0.6) is 0 Å². The summed E-state index contributed by atoms with van der Waals surface area (Å²) in [4.78, 5) is 41.5. The van der Waals surface area contributed by atoms with Crippen LogP contribution in [0.3, 0.4) is 0 Å². The van der Waals surface area contributed by atoms with Crippen LogP contribution >= 0.6 is 0 Å². The Labute approximate surface area is 292 Å². The Balaban J connectivity index is 1.88. The SMILES string of the molecule is CC#Cc1cc(F)c([C@H](CC(=O)O)NC(=O)[C@H](CC(C)C)n2cc(C3CCN(C)CC3)c(C(F)(F)F)cc2=O)c(F)c1-c1c(C)cc(F)cc1C. The number of hydrogen-bond acceptors (Lipinski definition) is 4. The Kier molecular flexibility index (Phi) is 12.1. The molecule has 1 saturated heterocycles. The number of nitrogens with one attached hydrogen (secondary N) is 1. The zero-order valence-electron chi connectivity index (χ0n) is 29.3. The lowest BCUT2D eigenvalue weighted by Gasteiger charge is -2.32. The summed E-state index contributed by atoms with van der Waals surface area (Å²) in [5, 5.41) is 12.2. The van der Waals surface area contributed by atoms with Gasteiger partial charge in [-0.15, -0.1) is 5.92 Å². The number of halogens is 6. The number of alkyl halides is 3. The van der Waals surface area contributed by atoms with E-state index in [1.807, 2.05) is 11.9 Å². The second-order valence-corrected chi connectivity index (χ2v) is 13.6. The van der Waals surface area contributed by atoms with E-state index >= 15 is 8.78 Å². The Hall–Kier alpha value is -4.57. The molecule has 3 aromatic rings. The van der Waals surface area contributed by atoms with Crippen molar-refractivity contribution in [2.45, 2.75) is 84.5 Å². The molecule has 2 heterocycles. The molecule has 0 spiro atoms. The van der Waals surface area contributed by atoms with E-state index in [0.29, 0.717) is 43.1 Å². The number of amides is 1. The van der Waals surface area contributed by atoms with Crippen LogP contribution in [0, 0.1) is 49.1 Å². The van der Waals surface area contributed by atoms with Crippen LogP contribution in [0.4, 0.5) is 26.3 Å². The first-order valence-corrected chi connectivity index (χ1v) is 16.6. The second-order valence-electron chi connectivity index (χ2n) is 13.6. The summed E-state index contributed by atoms with van der Waals surface area (Å²) in [6.07, 6.45) is -4.09. The molecule has 0 bridgehead atoms. The summed E-state index contributed by atoms with van der Waals surface area (Å²) in [6.45, 7) is 8.96. The minimum Gasteiger partial charge on any atom is -0.481 e. The van der Waals surface area contributed by atoms with Crippen molar-refractivity contribution in [1.29, 1.82) is 0 Å². The van der Waals surface area contributed by atoms with Gasteiger partial charge in [-0.25, -0.2) is 13.2 Å². The standard InChI is InChI=1S/C38H41F6N3O4/c1-7-8-24-16-28(40)35(36(41)34(24)33-21(4)14-25(39)15-22(33)5)29(18-32(49)50)45-37(51)30(13-20(2)3)47-19-26(23-9-11-46(6)12-10-23)27(17-31(47)48)38(42,43)44/h14-17,19-20,23,29-30H,9-13,18H2,1-6H3,(H,45,51)(H,49,50)/t29-,30-/m0/s1. The first kappa shape index (κ1) is 39.2. The Morgan fingerprint density at radius 3 is 2.16 bits per heavy atom. The topological polar surface area (TPSA) is 91.6 Å². The highest BCUT2D eigenvalue weighted by atomic mass is 19.4. The van der Waals surface area contributed by atoms with Gasteiger partial charge in [0.15, 0.2) is 0 Å². The van der Waals surface area contributed by atoms with Crippen LogP contribution in [0.25, 0.3) is 11.1 Å². The summed E-state index contributed by atoms with van der Waals surface area (Å²) in [5.74, 6) is -1.20. The van der Waals surface area contributed by atoms with Crippen molar-refractivity contribution in [3.63, 3.8) is 0 Å². The van der Waals surface area contributed by atoms with Crippen LogP contribution < -0.4 is 10.9 Å². The molecule has 7 nitrogen and oxygen atoms in total. The van der Waals surface area contributed by atoms with Gasteiger partial charge in [0.25, 0.3) is 5.56 Å². The van der Waals surface area contributed by atoms with Gasteiger partial charge in [0.2, 0.25) is 5.91 Å². The van der Waals surface area contributed by atoms with Crippen LogP contribution in [-0.4, -0.2) is 46.6 Å². The van der Waals surface area contributed by atoms with Crippen molar-refractivity contribution >= 4 is 11.9 Å². The number of carboxylic acid groups (broad SMARTS) is 1. The van der Waals surface area contributed by atoms with E-state index in [4.69, 9.17) is 0 Å². The molecule has 0 saturated carbocycles. The van der Waals surface area contributed by atoms with Gasteiger partial charge in [0.1, 0.15) is 23.5 Å². The summed E-state index contributed by atoms with van der Waals surface area (Å²) < 4.78 is 90.5. The minimum absolute atomic E-state index is 0.0705. The maximum absolute atomic E-state index is 16.7. The zero-order valence-corrected chi connectivity index (χ0v) is 29.3. The fourth-order valence-electron chi connectivity index (χ4n) is 6.90. The molecular formula is C38H41F6N3O4. The van der Waals surface area contributed by atoms with Crippen LogP contribution in [-0.2, 0) is 15.8 Å². The van der Waals surface area contributed by atoms with E-state index in [2.05, 4.69) is 17.2 Å². The summed E-state index contributed by atoms with van der Waals surface area (Å²) >= 11 is 0. The average molecular weight is 718 g/mol. The highest BCUT2D eigenvalue weighted by Crippen LogP contribution is 2.40. The quantitative estimate of drug-likeness (QED) is 0.166. The number of aryl methyl sites for hydroxylation is 2. The van der Waals surface area contributed by atoms with Crippen molar-refractivity contribution in [2.75, 3.05) is 20.1 Å². The van der Waals surface area contributed by atoms with Gasteiger partial charge in [-0.2, -0.15) is 13.2 Å². The number of carboxylic acids is 1. The van der Waals surface area contributed by atoms with Crippen molar-refractivity contribution in [3.8, 4) is 23.0 Å². The molecular weight excluding hydrogens is 676 g/mol. The lowest BCUT2D eigenvalue weighted by molar-refractivity contribution is -0.139. The third-order valence-corrected chi connectivity index (χ3v) is 9.21. The molecule has 4 rings (SSSR count). The van der Waals surface area contributed by atoms with Gasteiger partial charge in [-0.1, -0.05) is 19.8 Å². The molecule has 2 N–H and O–H groups in total. The molecule has 1 aliphatic heterocycles. The Bertz CT molecular complexity index is 1910. The van der Waals surface area contributed by atoms with Crippen molar-refractivity contribution in [2.24, 2.45) is 5.92 Å². The molecule has 0 unspecified atom stereocenters. The highest BCUT2D eigenvalue weighted by Gasteiger charge is 2.39. The Morgan fingerprint density at radius 2 is 1.63 bits per heavy atom. The number of benzene rings is 2. The monoisotopic (exact) mass is 717 g/mol. The van der Waals surface area contributed by atoms with Crippen LogP contribution in [0.15, 0.2) is 35.3 Å². The fraction of sp³-hybridized carbons (Fsp3) is 0.447. The molecule has 1 aliphatic rings. The number of pyridine rings is 1. The highest BCUT2D eigenvalue weighted by molar-refractivity contribution is 5.83. The maximum Gasteiger partial charge on any atom is 0.416 e. The number of hydrogen-bond donors (Lipinski definition) is 2. The van der Waals surface area contributed by atoms with Crippen LogP contribution in [0.2, 0.25) is 0 Å². The van der Waals surface area contributed by atoms with Gasteiger partial charge >= 0.3 is 12.1 Å². The van der Waals surface area contributed by atoms with E-state index < -0.39 is 76.6 Å². The summed E-state index contributed by atoms with van der Waals surface area (Å²) in [5.41, 5.74) is -2.68. The minimum atomic E-state index is -4.85. The predicted octanol–water partition coefficient (Wildman–Crippen LogP) is 7.67. The molecule has 51 heavy (non-hydrogen) atoms. The largest absolute Gasteiger partial charge is 0.481 e. The van der Waals surface area contributed by atoms with Crippen LogP contribution in [0.1, 0.15) is 97.8 Å². The van der Waals surface area contributed by atoms with E-state index in [-0.39, 0.29) is 34.6 Å². The zero-order chi connectivity index (χ0) is 37.9. The molecule has 274 valence electrons. The van der Waals surface area contributed by atoms with Gasteiger partial charge in [-0.05, 0) is 112 Å². The summed E-state index contributed by atoms with van der Waals surface area (Å²) in [7, 11) is 1.85. The number of aromatic nitrogens is 1. The molecule has 1 aromatic heterocycles. The van der Waals surface area contributed by atoms with Gasteiger partial charge in [-0.3, -0.25) is 14.4 Å². The van der Waals surface area contributed by atoms with Gasteiger partial charge in [0.05, 0.1) is 18.0 Å². The molecule has 2 atom stereocenters. The van der Waals surface area contributed by atoms with Gasteiger partial charge < -0.3 is 19.9 Å². The number of likely N-dealkylation sites (tertiary alicyclic amines) is 1. The number of rotatable bonds is 10. The second kappa shape index (κ2) is 15.8. The molecule has 0 radical (unpaired) electrons. The third-order valence-electron chi connectivity index (χ3n) is 9.21. The number of carbonyl (C=O) groups excluding carboxylic acids is 1. The third kappa shape index (κ3) is 8.84. The summed E-state index contributed by atoms with van der Waals surface area (Å²) in [6, 6.07) is 0.402. The van der Waals surface area contributed by atoms with E-state index in [1.54, 1.807) is 13.8 Å². The molecule has 2 aromatic carbocycles. The molecule has 1 amide bonds. The molecule has 1 fully saturated rings. The first-order valence-electron chi connectivity index (χ1n) is 16.6. The lowest BCUT2D eigenvalue weighted by Crippen LogP contribution is -2.41. The van der Waals surface area contributed by atoms with Crippen molar-refractivity contribution < 1.29 is 41.0 Å². The average Bonchev–Trinajstić information content (AvgIpc) is 3.00. The number of carbonyl (C=O) groups is 2. The fourth-order valence-corrected chi connectivity index (χ4v) is 6.90. The predicted molar refractivity (Wildman–Crippen MR) is 181 cm³/mol. The van der Waals surface area contributed by atoms with Crippen molar-refractivity contribution in [1.82, 2.24) is 14.8 Å².